The third-order valence-corrected chi connectivity index (χ3v) is 5.85. The number of benzene rings is 3. The first-order chi connectivity index (χ1) is 14.8. The molecule has 2 aromatic heterocycles. The fourth-order valence-corrected chi connectivity index (χ4v) is 4.51. The van der Waals surface area contributed by atoms with Crippen LogP contribution >= 0.6 is 11.3 Å². The quantitative estimate of drug-likeness (QED) is 0.333. The van der Waals surface area contributed by atoms with Gasteiger partial charge < -0.3 is 10.1 Å². The number of thiophene rings is 1. The van der Waals surface area contributed by atoms with E-state index < -0.39 is 0 Å². The molecule has 30 heavy (non-hydrogen) atoms. The topological polar surface area (TPSA) is 47.0 Å². The lowest BCUT2D eigenvalue weighted by atomic mass is 10.0. The van der Waals surface area contributed by atoms with Gasteiger partial charge in [0.1, 0.15) is 22.7 Å². The molecule has 5 heteroatoms. The Bertz CT molecular complexity index is 1300. The van der Waals surface area contributed by atoms with E-state index in [2.05, 4.69) is 46.5 Å². The summed E-state index contributed by atoms with van der Waals surface area (Å²) in [5.41, 5.74) is 3.18. The second-order valence-electron chi connectivity index (χ2n) is 6.84. The third-order valence-electron chi connectivity index (χ3n) is 4.84. The molecule has 0 saturated heterocycles. The van der Waals surface area contributed by atoms with Crippen molar-refractivity contribution >= 4 is 33.1 Å². The number of fused-ring (bicyclic) bond motifs is 1. The Labute approximate surface area is 178 Å². The normalized spacial score (nSPS) is 10.8. The van der Waals surface area contributed by atoms with Crippen LogP contribution in [-0.4, -0.2) is 9.97 Å². The molecule has 0 fully saturated rings. The van der Waals surface area contributed by atoms with Crippen molar-refractivity contribution in [3.8, 4) is 22.6 Å². The van der Waals surface area contributed by atoms with Gasteiger partial charge in [-0.05, 0) is 36.8 Å². The van der Waals surface area contributed by atoms with Crippen LogP contribution in [-0.2, 0) is 0 Å². The van der Waals surface area contributed by atoms with E-state index in [1.807, 2.05) is 60.7 Å². The lowest BCUT2D eigenvalue weighted by molar-refractivity contribution is 0.485. The fraction of sp³-hybridized carbons (Fsp3) is 0.0400. The monoisotopic (exact) mass is 409 g/mol. The van der Waals surface area contributed by atoms with Crippen molar-refractivity contribution in [1.82, 2.24) is 9.97 Å². The van der Waals surface area contributed by atoms with Gasteiger partial charge in [-0.25, -0.2) is 9.97 Å². The minimum atomic E-state index is 0.740. The Morgan fingerprint density at radius 3 is 2.30 bits per heavy atom. The summed E-state index contributed by atoms with van der Waals surface area (Å²) in [4.78, 5) is 11.3. The minimum Gasteiger partial charge on any atom is -0.455 e. The SMILES string of the molecule is Cc1sc2ncnc(Nc3ccccc3Oc3ccccc3)c2c1-c1ccccc1. The molecule has 1 N–H and O–H groups in total. The smallest absolute Gasteiger partial charge is 0.150 e. The number of hydrogen-bond donors (Lipinski definition) is 1. The van der Waals surface area contributed by atoms with Crippen LogP contribution in [0.4, 0.5) is 11.5 Å². The number of anilines is 2. The molecule has 4 nitrogen and oxygen atoms in total. The van der Waals surface area contributed by atoms with E-state index in [0.717, 1.165) is 38.8 Å². The summed E-state index contributed by atoms with van der Waals surface area (Å²) in [5, 5.41) is 4.52. The lowest BCUT2D eigenvalue weighted by Crippen LogP contribution is -1.98. The lowest BCUT2D eigenvalue weighted by Gasteiger charge is -2.13. The van der Waals surface area contributed by atoms with Crippen LogP contribution in [0.2, 0.25) is 0 Å². The van der Waals surface area contributed by atoms with Gasteiger partial charge in [0.2, 0.25) is 0 Å². The number of ether oxygens (including phenoxy) is 1. The summed E-state index contributed by atoms with van der Waals surface area (Å²) in [5.74, 6) is 2.30. The Hall–Kier alpha value is -3.70. The summed E-state index contributed by atoms with van der Waals surface area (Å²) in [6, 6.07) is 28.0. The first-order valence-corrected chi connectivity index (χ1v) is 10.5. The second-order valence-corrected chi connectivity index (χ2v) is 8.04. The number of nitrogens with one attached hydrogen (secondary N) is 1. The van der Waals surface area contributed by atoms with Gasteiger partial charge in [0, 0.05) is 10.4 Å². The molecular formula is C25H19N3OS. The molecule has 0 aliphatic carbocycles. The summed E-state index contributed by atoms with van der Waals surface area (Å²) in [7, 11) is 0. The van der Waals surface area contributed by atoms with E-state index in [1.54, 1.807) is 17.7 Å². The van der Waals surface area contributed by atoms with Gasteiger partial charge in [0.15, 0.2) is 5.75 Å². The molecule has 5 rings (SSSR count). The molecule has 0 bridgehead atoms. The molecule has 0 atom stereocenters. The molecule has 0 saturated carbocycles. The molecule has 0 amide bonds. The number of hydrogen-bond acceptors (Lipinski definition) is 5. The van der Waals surface area contributed by atoms with Gasteiger partial charge in [0.05, 0.1) is 11.1 Å². The van der Waals surface area contributed by atoms with Crippen LogP contribution in [0.3, 0.4) is 0 Å². The summed E-state index contributed by atoms with van der Waals surface area (Å²) < 4.78 is 6.11. The molecule has 0 aliphatic heterocycles. The second kappa shape index (κ2) is 7.97. The molecule has 146 valence electrons. The summed E-state index contributed by atoms with van der Waals surface area (Å²) >= 11 is 1.68. The molecule has 3 aromatic carbocycles. The van der Waals surface area contributed by atoms with Gasteiger partial charge in [-0.3, -0.25) is 0 Å². The molecule has 0 radical (unpaired) electrons. The number of aromatic nitrogens is 2. The van der Waals surface area contributed by atoms with Crippen molar-refractivity contribution < 1.29 is 4.74 Å². The van der Waals surface area contributed by atoms with Crippen molar-refractivity contribution in [1.29, 1.82) is 0 Å². The highest BCUT2D eigenvalue weighted by molar-refractivity contribution is 7.19. The van der Waals surface area contributed by atoms with E-state index in [0.29, 0.717) is 0 Å². The summed E-state index contributed by atoms with van der Waals surface area (Å²) in [6.45, 7) is 2.13. The van der Waals surface area contributed by atoms with Gasteiger partial charge in [-0.1, -0.05) is 60.7 Å². The van der Waals surface area contributed by atoms with E-state index in [1.165, 1.54) is 10.4 Å². The Morgan fingerprint density at radius 2 is 1.50 bits per heavy atom. The maximum Gasteiger partial charge on any atom is 0.150 e. The zero-order valence-electron chi connectivity index (χ0n) is 16.4. The van der Waals surface area contributed by atoms with Crippen LogP contribution in [0.5, 0.6) is 11.5 Å². The molecule has 2 heterocycles. The highest BCUT2D eigenvalue weighted by atomic mass is 32.1. The predicted molar refractivity (Wildman–Crippen MR) is 124 cm³/mol. The molecule has 5 aromatic rings. The first-order valence-electron chi connectivity index (χ1n) is 9.68. The number of para-hydroxylation sites is 3. The van der Waals surface area contributed by atoms with Crippen molar-refractivity contribution in [2.24, 2.45) is 0 Å². The average Bonchev–Trinajstić information content (AvgIpc) is 3.13. The number of rotatable bonds is 5. The van der Waals surface area contributed by atoms with Gasteiger partial charge >= 0.3 is 0 Å². The van der Waals surface area contributed by atoms with Crippen molar-refractivity contribution in [3.63, 3.8) is 0 Å². The van der Waals surface area contributed by atoms with Crippen LogP contribution < -0.4 is 10.1 Å². The first kappa shape index (κ1) is 18.3. The predicted octanol–water partition coefficient (Wildman–Crippen LogP) is 7.20. The molecular weight excluding hydrogens is 390 g/mol. The van der Waals surface area contributed by atoms with E-state index in [-0.39, 0.29) is 0 Å². The van der Waals surface area contributed by atoms with E-state index in [9.17, 15) is 0 Å². The maximum absolute atomic E-state index is 6.11. The van der Waals surface area contributed by atoms with Gasteiger partial charge in [-0.15, -0.1) is 11.3 Å². The third kappa shape index (κ3) is 3.51. The highest BCUT2D eigenvalue weighted by Gasteiger charge is 2.17. The van der Waals surface area contributed by atoms with Crippen molar-refractivity contribution in [2.45, 2.75) is 6.92 Å². The zero-order valence-corrected chi connectivity index (χ0v) is 17.2. The summed E-state index contributed by atoms with van der Waals surface area (Å²) in [6.07, 6.45) is 1.61. The van der Waals surface area contributed by atoms with Gasteiger partial charge in [0.25, 0.3) is 0 Å². The average molecular weight is 410 g/mol. The minimum absolute atomic E-state index is 0.740. The molecule has 0 spiro atoms. The largest absolute Gasteiger partial charge is 0.455 e. The number of aryl methyl sites for hydroxylation is 1. The van der Waals surface area contributed by atoms with Crippen molar-refractivity contribution in [3.05, 3.63) is 96.1 Å². The zero-order chi connectivity index (χ0) is 20.3. The van der Waals surface area contributed by atoms with Gasteiger partial charge in [-0.2, -0.15) is 0 Å². The van der Waals surface area contributed by atoms with Crippen LogP contribution in [0.15, 0.2) is 91.3 Å². The number of nitrogens with zero attached hydrogens (tertiary/aromatic N) is 2. The van der Waals surface area contributed by atoms with Crippen LogP contribution in [0.25, 0.3) is 21.3 Å². The van der Waals surface area contributed by atoms with E-state index >= 15 is 0 Å². The molecule has 0 unspecified atom stereocenters. The van der Waals surface area contributed by atoms with Crippen LogP contribution in [0.1, 0.15) is 4.88 Å². The van der Waals surface area contributed by atoms with Crippen LogP contribution in [0, 0.1) is 6.92 Å². The maximum atomic E-state index is 6.11. The van der Waals surface area contributed by atoms with E-state index in [4.69, 9.17) is 4.74 Å². The molecule has 0 aliphatic rings. The standard InChI is InChI=1S/C25H19N3OS/c1-17-22(18-10-4-2-5-11-18)23-24(26-16-27-25(23)30-17)28-20-14-8-9-15-21(20)29-19-12-6-3-7-13-19/h2-16H,1H3,(H,26,27,28). The Morgan fingerprint density at radius 1 is 0.800 bits per heavy atom. The Balaban J connectivity index is 1.59. The highest BCUT2D eigenvalue weighted by Crippen LogP contribution is 2.42. The fourth-order valence-electron chi connectivity index (χ4n) is 3.49. The van der Waals surface area contributed by atoms with Crippen molar-refractivity contribution in [2.75, 3.05) is 5.32 Å². The Kier molecular flexibility index (Phi) is 4.87.